The maximum absolute atomic E-state index is 10.4. The molecule has 10 unspecified atom stereocenters. The van der Waals surface area contributed by atoms with Crippen molar-refractivity contribution in [3.8, 4) is 0 Å². The third-order valence-electron chi connectivity index (χ3n) is 11.3. The first kappa shape index (κ1) is 23.1. The molecule has 0 radical (unpaired) electrons. The van der Waals surface area contributed by atoms with E-state index in [-0.39, 0.29) is 6.10 Å². The molecule has 2 nitrogen and oxygen atoms in total. The normalized spacial score (nSPS) is 49.4. The summed E-state index contributed by atoms with van der Waals surface area (Å²) in [5, 5.41) is 20.7. The summed E-state index contributed by atoms with van der Waals surface area (Å²) in [7, 11) is 0. The highest BCUT2D eigenvalue weighted by atomic mass is 16.3. The summed E-state index contributed by atoms with van der Waals surface area (Å²) in [6.45, 7) is 12.8. The number of hydrogen-bond donors (Lipinski definition) is 2. The lowest BCUT2D eigenvalue weighted by molar-refractivity contribution is -0.158. The standard InChI is InChI=1S/C28H50O2/c1-18(2)7-6-8-19(3)23-9-10-24-22-15-20(17-29)26-16-21(30)11-13-28(26,5)25(22)12-14-27(23,24)4/h18-26,29-30H,6-17H2,1-5H3. The Balaban J connectivity index is 1.52. The van der Waals surface area contributed by atoms with Crippen LogP contribution in [0.1, 0.15) is 105 Å². The highest BCUT2D eigenvalue weighted by Gasteiger charge is 2.62. The summed E-state index contributed by atoms with van der Waals surface area (Å²) in [6, 6.07) is 0. The van der Waals surface area contributed by atoms with Crippen LogP contribution in [0.3, 0.4) is 0 Å². The van der Waals surface area contributed by atoms with E-state index in [0.717, 1.165) is 48.3 Å². The van der Waals surface area contributed by atoms with Crippen LogP contribution < -0.4 is 0 Å². The van der Waals surface area contributed by atoms with Gasteiger partial charge in [0, 0.05) is 6.61 Å². The van der Waals surface area contributed by atoms with Crippen molar-refractivity contribution in [3.05, 3.63) is 0 Å². The molecule has 2 heteroatoms. The Bertz CT molecular complexity index is 587. The third-order valence-corrected chi connectivity index (χ3v) is 11.3. The summed E-state index contributed by atoms with van der Waals surface area (Å²) in [5.74, 6) is 6.05. The monoisotopic (exact) mass is 418 g/mol. The quantitative estimate of drug-likeness (QED) is 0.504. The van der Waals surface area contributed by atoms with E-state index in [2.05, 4.69) is 34.6 Å². The topological polar surface area (TPSA) is 40.5 Å². The molecule has 0 spiro atoms. The highest BCUT2D eigenvalue weighted by molar-refractivity contribution is 5.11. The fourth-order valence-corrected chi connectivity index (χ4v) is 9.71. The second-order valence-electron chi connectivity index (χ2n) is 13.1. The molecular weight excluding hydrogens is 368 g/mol. The van der Waals surface area contributed by atoms with E-state index in [1.807, 2.05) is 0 Å². The largest absolute Gasteiger partial charge is 0.396 e. The number of aliphatic hydroxyl groups excluding tert-OH is 2. The van der Waals surface area contributed by atoms with Gasteiger partial charge >= 0.3 is 0 Å². The minimum atomic E-state index is -0.134. The molecule has 4 aliphatic rings. The molecule has 2 N–H and O–H groups in total. The maximum Gasteiger partial charge on any atom is 0.0543 e. The van der Waals surface area contributed by atoms with E-state index in [1.54, 1.807) is 0 Å². The van der Waals surface area contributed by atoms with Crippen LogP contribution in [-0.4, -0.2) is 22.9 Å². The molecule has 0 aliphatic heterocycles. The lowest BCUT2D eigenvalue weighted by Crippen LogP contribution is -2.57. The highest BCUT2D eigenvalue weighted by Crippen LogP contribution is 2.69. The SMILES string of the molecule is CC(C)CCCC(C)C1CCC2C3CC(CO)C4CC(O)CCC4(C)C3CCC12C. The van der Waals surface area contributed by atoms with Crippen molar-refractivity contribution >= 4 is 0 Å². The molecule has 0 heterocycles. The molecule has 10 atom stereocenters. The Morgan fingerprint density at radius 3 is 2.23 bits per heavy atom. The van der Waals surface area contributed by atoms with Crippen molar-refractivity contribution in [1.29, 1.82) is 0 Å². The van der Waals surface area contributed by atoms with E-state index in [9.17, 15) is 10.2 Å². The van der Waals surface area contributed by atoms with Gasteiger partial charge in [-0.25, -0.2) is 0 Å². The van der Waals surface area contributed by atoms with Crippen molar-refractivity contribution in [3.63, 3.8) is 0 Å². The predicted molar refractivity (Wildman–Crippen MR) is 125 cm³/mol. The lowest BCUT2D eigenvalue weighted by Gasteiger charge is -2.63. The molecule has 0 amide bonds. The van der Waals surface area contributed by atoms with Crippen LogP contribution in [0, 0.1) is 58.2 Å². The lowest BCUT2D eigenvalue weighted by atomic mass is 9.42. The van der Waals surface area contributed by atoms with E-state index < -0.39 is 0 Å². The van der Waals surface area contributed by atoms with Gasteiger partial charge in [0.1, 0.15) is 0 Å². The zero-order chi connectivity index (χ0) is 21.7. The van der Waals surface area contributed by atoms with E-state index >= 15 is 0 Å². The van der Waals surface area contributed by atoms with Crippen molar-refractivity contribution in [2.24, 2.45) is 58.2 Å². The van der Waals surface area contributed by atoms with Gasteiger partial charge in [-0.15, -0.1) is 0 Å². The van der Waals surface area contributed by atoms with Crippen molar-refractivity contribution in [1.82, 2.24) is 0 Å². The zero-order valence-electron chi connectivity index (χ0n) is 20.6. The average molecular weight is 419 g/mol. The molecule has 4 saturated carbocycles. The Morgan fingerprint density at radius 2 is 1.53 bits per heavy atom. The molecular formula is C28H50O2. The summed E-state index contributed by atoms with van der Waals surface area (Å²) >= 11 is 0. The molecule has 0 aromatic carbocycles. The number of hydrogen-bond acceptors (Lipinski definition) is 2. The van der Waals surface area contributed by atoms with Gasteiger partial charge in [-0.3, -0.25) is 0 Å². The van der Waals surface area contributed by atoms with Crippen LogP contribution >= 0.6 is 0 Å². The first-order valence-corrected chi connectivity index (χ1v) is 13.5. The molecule has 30 heavy (non-hydrogen) atoms. The zero-order valence-corrected chi connectivity index (χ0v) is 20.6. The predicted octanol–water partition coefficient (Wildman–Crippen LogP) is 6.69. The van der Waals surface area contributed by atoms with Gasteiger partial charge in [-0.1, -0.05) is 53.9 Å². The number of rotatable bonds is 6. The van der Waals surface area contributed by atoms with Gasteiger partial charge in [0.15, 0.2) is 0 Å². The minimum Gasteiger partial charge on any atom is -0.396 e. The number of aliphatic hydroxyl groups is 2. The van der Waals surface area contributed by atoms with Crippen LogP contribution in [0.4, 0.5) is 0 Å². The fraction of sp³-hybridized carbons (Fsp3) is 1.00. The van der Waals surface area contributed by atoms with Crippen molar-refractivity contribution in [2.75, 3.05) is 6.61 Å². The molecule has 0 saturated heterocycles. The van der Waals surface area contributed by atoms with E-state index in [1.165, 1.54) is 57.8 Å². The molecule has 0 bridgehead atoms. The van der Waals surface area contributed by atoms with Gasteiger partial charge in [-0.2, -0.15) is 0 Å². The summed E-state index contributed by atoms with van der Waals surface area (Å²) in [5.41, 5.74) is 0.869. The minimum absolute atomic E-state index is 0.134. The molecule has 0 aromatic heterocycles. The van der Waals surface area contributed by atoms with Crippen LogP contribution in [0.2, 0.25) is 0 Å². The van der Waals surface area contributed by atoms with Crippen LogP contribution in [0.15, 0.2) is 0 Å². The van der Waals surface area contributed by atoms with Crippen molar-refractivity contribution < 1.29 is 10.2 Å². The summed E-state index contributed by atoms with van der Waals surface area (Å²) < 4.78 is 0. The smallest absolute Gasteiger partial charge is 0.0543 e. The van der Waals surface area contributed by atoms with E-state index in [4.69, 9.17) is 0 Å². The molecule has 4 rings (SSSR count). The summed E-state index contributed by atoms with van der Waals surface area (Å²) in [6.07, 6.45) is 14.1. The van der Waals surface area contributed by atoms with E-state index in [0.29, 0.717) is 29.3 Å². The first-order valence-electron chi connectivity index (χ1n) is 13.5. The molecule has 174 valence electrons. The van der Waals surface area contributed by atoms with Crippen molar-refractivity contribution in [2.45, 2.75) is 111 Å². The van der Waals surface area contributed by atoms with Gasteiger partial charge in [0.2, 0.25) is 0 Å². The van der Waals surface area contributed by atoms with Gasteiger partial charge in [0.25, 0.3) is 0 Å². The first-order chi connectivity index (χ1) is 14.2. The Hall–Kier alpha value is -0.0800. The van der Waals surface area contributed by atoms with Crippen LogP contribution in [0.5, 0.6) is 0 Å². The fourth-order valence-electron chi connectivity index (χ4n) is 9.71. The Kier molecular flexibility index (Phi) is 6.69. The molecule has 0 aromatic rings. The maximum atomic E-state index is 10.4. The molecule has 4 aliphatic carbocycles. The van der Waals surface area contributed by atoms with Crippen LogP contribution in [0.25, 0.3) is 0 Å². The third kappa shape index (κ3) is 3.81. The Labute approximate surface area is 186 Å². The number of fused-ring (bicyclic) bond motifs is 5. The summed E-state index contributed by atoms with van der Waals surface area (Å²) in [4.78, 5) is 0. The second-order valence-corrected chi connectivity index (χ2v) is 13.1. The average Bonchev–Trinajstić information content (AvgIpc) is 3.05. The molecule has 4 fully saturated rings. The Morgan fingerprint density at radius 1 is 0.833 bits per heavy atom. The second kappa shape index (κ2) is 8.69. The van der Waals surface area contributed by atoms with Crippen LogP contribution in [-0.2, 0) is 0 Å². The van der Waals surface area contributed by atoms with Gasteiger partial charge < -0.3 is 10.2 Å². The van der Waals surface area contributed by atoms with Gasteiger partial charge in [0.05, 0.1) is 6.10 Å². The van der Waals surface area contributed by atoms with Gasteiger partial charge in [-0.05, 0) is 110 Å².